The van der Waals surface area contributed by atoms with E-state index in [0.29, 0.717) is 11.3 Å². The first-order valence-corrected chi connectivity index (χ1v) is 6.56. The van der Waals surface area contributed by atoms with Crippen LogP contribution in [0.4, 0.5) is 5.69 Å². The van der Waals surface area contributed by atoms with Crippen LogP contribution in [0.25, 0.3) is 0 Å². The third-order valence-corrected chi connectivity index (χ3v) is 4.46. The summed E-state index contributed by atoms with van der Waals surface area (Å²) in [6.45, 7) is 5.87. The van der Waals surface area contributed by atoms with Gasteiger partial charge in [-0.25, -0.2) is 0 Å². The van der Waals surface area contributed by atoms with Crippen LogP contribution in [0.15, 0.2) is 18.2 Å². The second kappa shape index (κ2) is 4.81. The summed E-state index contributed by atoms with van der Waals surface area (Å²) in [6.07, 6.45) is 1.60. The fraction of sp³-hybridized carbons (Fsp3) is 0.571. The number of ether oxygens (including phenoxy) is 1. The summed E-state index contributed by atoms with van der Waals surface area (Å²) < 4.78 is 5.88. The minimum absolute atomic E-state index is 0.0481. The molecule has 0 aromatic heterocycles. The minimum atomic E-state index is -0.382. The van der Waals surface area contributed by atoms with E-state index in [4.69, 9.17) is 10.5 Å². The van der Waals surface area contributed by atoms with Crippen molar-refractivity contribution in [2.45, 2.75) is 45.8 Å². The molecule has 5 heteroatoms. The summed E-state index contributed by atoms with van der Waals surface area (Å²) in [4.78, 5) is 10.7. The zero-order chi connectivity index (χ0) is 14.2. The van der Waals surface area contributed by atoms with Crippen molar-refractivity contribution in [1.82, 2.24) is 0 Å². The fourth-order valence-electron chi connectivity index (χ4n) is 2.63. The molecule has 1 aliphatic carbocycles. The maximum atomic E-state index is 11.1. The number of rotatable bonds is 4. The topological polar surface area (TPSA) is 78.4 Å². The summed E-state index contributed by atoms with van der Waals surface area (Å²) in [7, 11) is 0. The number of para-hydroxylation sites is 1. The molecule has 19 heavy (non-hydrogen) atoms. The number of nitrogens with zero attached hydrogens (tertiary/aromatic N) is 1. The molecule has 2 rings (SSSR count). The predicted molar refractivity (Wildman–Crippen MR) is 73.2 cm³/mol. The molecule has 1 aromatic carbocycles. The molecule has 1 fully saturated rings. The smallest absolute Gasteiger partial charge is 0.313 e. The molecule has 0 heterocycles. The molecule has 1 saturated carbocycles. The highest BCUT2D eigenvalue weighted by Gasteiger charge is 2.50. The lowest BCUT2D eigenvalue weighted by Gasteiger charge is -2.51. The zero-order valence-corrected chi connectivity index (χ0v) is 11.6. The molecule has 0 saturated heterocycles. The van der Waals surface area contributed by atoms with Gasteiger partial charge in [0.15, 0.2) is 5.75 Å². The van der Waals surface area contributed by atoms with Crippen LogP contribution >= 0.6 is 0 Å². The summed E-state index contributed by atoms with van der Waals surface area (Å²) in [5, 5.41) is 11.1. The lowest BCUT2D eigenvalue weighted by molar-refractivity contribution is -0.386. The van der Waals surface area contributed by atoms with Crippen molar-refractivity contribution in [3.05, 3.63) is 33.9 Å². The zero-order valence-electron chi connectivity index (χ0n) is 11.6. The van der Waals surface area contributed by atoms with E-state index in [0.717, 1.165) is 12.8 Å². The third-order valence-electron chi connectivity index (χ3n) is 4.46. The summed E-state index contributed by atoms with van der Waals surface area (Å²) in [6, 6.07) is 5.26. The predicted octanol–water partition coefficient (Wildman–Crippen LogP) is 2.80. The quantitative estimate of drug-likeness (QED) is 0.670. The summed E-state index contributed by atoms with van der Waals surface area (Å²) >= 11 is 0. The number of nitro benzene ring substituents is 1. The molecule has 1 aromatic rings. The second-order valence-corrected chi connectivity index (χ2v) is 5.49. The Kier molecular flexibility index (Phi) is 3.49. The van der Waals surface area contributed by atoms with Gasteiger partial charge in [-0.2, -0.15) is 0 Å². The Balaban J connectivity index is 2.26. The maximum Gasteiger partial charge on any atom is 0.313 e. The van der Waals surface area contributed by atoms with Crippen LogP contribution < -0.4 is 10.5 Å². The lowest BCUT2D eigenvalue weighted by Crippen LogP contribution is -2.61. The molecule has 5 nitrogen and oxygen atoms in total. The Morgan fingerprint density at radius 3 is 2.79 bits per heavy atom. The molecule has 0 aliphatic heterocycles. The van der Waals surface area contributed by atoms with Crippen molar-refractivity contribution < 1.29 is 9.66 Å². The van der Waals surface area contributed by atoms with Crippen LogP contribution in [0.2, 0.25) is 0 Å². The van der Waals surface area contributed by atoms with Gasteiger partial charge in [-0.05, 0) is 19.4 Å². The average molecular weight is 264 g/mol. The third kappa shape index (κ3) is 2.18. The Hall–Kier alpha value is -1.62. The molecular weight excluding hydrogens is 244 g/mol. The number of benzene rings is 1. The van der Waals surface area contributed by atoms with Crippen molar-refractivity contribution in [2.24, 2.45) is 11.1 Å². The van der Waals surface area contributed by atoms with Crippen molar-refractivity contribution >= 4 is 5.69 Å². The van der Waals surface area contributed by atoms with Crippen LogP contribution in [0.5, 0.6) is 5.75 Å². The van der Waals surface area contributed by atoms with Crippen LogP contribution in [-0.4, -0.2) is 17.1 Å². The molecule has 1 aliphatic rings. The first-order valence-electron chi connectivity index (χ1n) is 6.56. The Morgan fingerprint density at radius 2 is 2.26 bits per heavy atom. The Morgan fingerprint density at radius 1 is 1.58 bits per heavy atom. The first kappa shape index (κ1) is 13.8. The molecular formula is C14H20N2O3. The SMILES string of the molecule is CCC1(C)C(N)CC1Oc1cccc(C)c1[N+](=O)[O-]. The van der Waals surface area contributed by atoms with Gasteiger partial charge in [-0.1, -0.05) is 26.0 Å². The largest absolute Gasteiger partial charge is 0.483 e. The van der Waals surface area contributed by atoms with Gasteiger partial charge in [0.2, 0.25) is 0 Å². The van der Waals surface area contributed by atoms with E-state index in [1.54, 1.807) is 25.1 Å². The molecule has 0 spiro atoms. The van der Waals surface area contributed by atoms with E-state index in [1.807, 2.05) is 0 Å². The standard InChI is InChI=1S/C14H20N2O3/c1-4-14(3)11(15)8-12(14)19-10-7-5-6-9(2)13(10)16(17)18/h5-7,11-12H,4,8,15H2,1-3H3. The molecule has 0 amide bonds. The molecule has 3 unspecified atom stereocenters. The Bertz CT molecular complexity index is 503. The molecule has 104 valence electrons. The van der Waals surface area contributed by atoms with Crippen LogP contribution in [0.3, 0.4) is 0 Å². The molecule has 2 N–H and O–H groups in total. The van der Waals surface area contributed by atoms with Gasteiger partial charge < -0.3 is 10.5 Å². The highest BCUT2D eigenvalue weighted by Crippen LogP contribution is 2.46. The van der Waals surface area contributed by atoms with Gasteiger partial charge in [-0.3, -0.25) is 10.1 Å². The van der Waals surface area contributed by atoms with Gasteiger partial charge in [0.1, 0.15) is 6.10 Å². The summed E-state index contributed by atoms with van der Waals surface area (Å²) in [5.74, 6) is 0.349. The van der Waals surface area contributed by atoms with Crippen molar-refractivity contribution in [1.29, 1.82) is 0 Å². The van der Waals surface area contributed by atoms with Crippen LogP contribution in [0.1, 0.15) is 32.3 Å². The molecule has 0 radical (unpaired) electrons. The van der Waals surface area contributed by atoms with Crippen LogP contribution in [-0.2, 0) is 0 Å². The molecule has 3 atom stereocenters. The van der Waals surface area contributed by atoms with E-state index < -0.39 is 0 Å². The average Bonchev–Trinajstić information content (AvgIpc) is 2.37. The number of nitro groups is 1. The first-order chi connectivity index (χ1) is 8.90. The highest BCUT2D eigenvalue weighted by atomic mass is 16.6. The van der Waals surface area contributed by atoms with Gasteiger partial charge in [-0.15, -0.1) is 0 Å². The number of hydrogen-bond donors (Lipinski definition) is 1. The highest BCUT2D eigenvalue weighted by molar-refractivity contribution is 5.52. The molecule has 0 bridgehead atoms. The van der Waals surface area contributed by atoms with Crippen molar-refractivity contribution in [3.63, 3.8) is 0 Å². The number of hydrogen-bond acceptors (Lipinski definition) is 4. The maximum absolute atomic E-state index is 11.1. The van der Waals surface area contributed by atoms with E-state index in [-0.39, 0.29) is 28.2 Å². The monoisotopic (exact) mass is 264 g/mol. The lowest BCUT2D eigenvalue weighted by atomic mass is 9.62. The van der Waals surface area contributed by atoms with Gasteiger partial charge in [0, 0.05) is 23.4 Å². The van der Waals surface area contributed by atoms with Gasteiger partial charge >= 0.3 is 5.69 Å². The van der Waals surface area contributed by atoms with Crippen molar-refractivity contribution in [3.8, 4) is 5.75 Å². The number of nitrogens with two attached hydrogens (primary N) is 1. The minimum Gasteiger partial charge on any atom is -0.483 e. The van der Waals surface area contributed by atoms with Gasteiger partial charge in [0.25, 0.3) is 0 Å². The second-order valence-electron chi connectivity index (χ2n) is 5.49. The Labute approximate surface area is 112 Å². The van der Waals surface area contributed by atoms with Crippen molar-refractivity contribution in [2.75, 3.05) is 0 Å². The normalized spacial score (nSPS) is 29.7. The van der Waals surface area contributed by atoms with Crippen LogP contribution in [0, 0.1) is 22.5 Å². The van der Waals surface area contributed by atoms with E-state index in [1.165, 1.54) is 0 Å². The number of aryl methyl sites for hydroxylation is 1. The van der Waals surface area contributed by atoms with E-state index in [9.17, 15) is 10.1 Å². The van der Waals surface area contributed by atoms with E-state index >= 15 is 0 Å². The van der Waals surface area contributed by atoms with E-state index in [2.05, 4.69) is 13.8 Å². The summed E-state index contributed by atoms with van der Waals surface area (Å²) in [5.41, 5.74) is 6.60. The van der Waals surface area contributed by atoms with Gasteiger partial charge in [0.05, 0.1) is 4.92 Å². The fourth-order valence-corrected chi connectivity index (χ4v) is 2.63.